The van der Waals surface area contributed by atoms with Crippen molar-refractivity contribution in [3.8, 4) is 33.4 Å². The van der Waals surface area contributed by atoms with Crippen LogP contribution in [0, 0.1) is 0 Å². The molecular weight excluding hydrogens is 671 g/mol. The molecule has 11 rings (SSSR count). The van der Waals surface area contributed by atoms with Crippen molar-refractivity contribution in [1.82, 2.24) is 0 Å². The predicted octanol–water partition coefficient (Wildman–Crippen LogP) is 15.1. The summed E-state index contributed by atoms with van der Waals surface area (Å²) >= 11 is 0. The standard InChI is InChI=1S/C52H33NO2/c1-2-11-34(12-3-1)35-23-28-39(29-24-35)53(41-15-8-14-38(33-41)44-19-10-20-46-45-17-6-7-22-49(45)54-50(44)46)40-30-25-37(26-31-40)43-18-9-21-47-48-32-27-36-13-4-5-16-42(36)52(48)55-51(43)47/h1-33H. The molecule has 0 bridgehead atoms. The van der Waals surface area contributed by atoms with E-state index in [2.05, 4.69) is 193 Å². The normalized spacial score (nSPS) is 11.6. The Balaban J connectivity index is 1.03. The largest absolute Gasteiger partial charge is 0.455 e. The Labute approximate surface area is 317 Å². The lowest BCUT2D eigenvalue weighted by Gasteiger charge is -2.26. The van der Waals surface area contributed by atoms with Crippen molar-refractivity contribution in [1.29, 1.82) is 0 Å². The maximum absolute atomic E-state index is 6.70. The van der Waals surface area contributed by atoms with Gasteiger partial charge in [0.15, 0.2) is 0 Å². The van der Waals surface area contributed by atoms with Crippen LogP contribution in [0.15, 0.2) is 209 Å². The molecule has 0 fully saturated rings. The molecule has 2 aromatic heterocycles. The minimum atomic E-state index is 0.896. The van der Waals surface area contributed by atoms with E-state index in [1.165, 1.54) is 16.5 Å². The van der Waals surface area contributed by atoms with Crippen molar-refractivity contribution in [2.24, 2.45) is 0 Å². The van der Waals surface area contributed by atoms with E-state index >= 15 is 0 Å². The number of nitrogens with zero attached hydrogens (tertiary/aromatic N) is 1. The van der Waals surface area contributed by atoms with Crippen molar-refractivity contribution in [2.75, 3.05) is 4.90 Å². The molecule has 0 saturated heterocycles. The highest BCUT2D eigenvalue weighted by atomic mass is 16.3. The fourth-order valence-corrected chi connectivity index (χ4v) is 8.21. The Hall–Kier alpha value is -7.36. The van der Waals surface area contributed by atoms with Crippen molar-refractivity contribution < 1.29 is 8.83 Å². The van der Waals surface area contributed by atoms with Gasteiger partial charge in [-0.3, -0.25) is 0 Å². The SMILES string of the molecule is c1ccc(-c2ccc(N(c3ccc(-c4cccc5c4oc4c6ccccc6ccc54)cc3)c3cccc(-c4cccc5c4oc4ccccc45)c3)cc2)cc1. The average Bonchev–Trinajstić information content (AvgIpc) is 3.84. The Morgan fingerprint density at radius 2 is 0.836 bits per heavy atom. The molecule has 0 aliphatic rings. The summed E-state index contributed by atoms with van der Waals surface area (Å²) in [7, 11) is 0. The lowest BCUT2D eigenvalue weighted by atomic mass is 10.00. The summed E-state index contributed by atoms with van der Waals surface area (Å²) in [5, 5.41) is 6.81. The van der Waals surface area contributed by atoms with Crippen molar-refractivity contribution in [3.63, 3.8) is 0 Å². The summed E-state index contributed by atoms with van der Waals surface area (Å²) in [6, 6.07) is 70.8. The molecule has 0 amide bonds. The first kappa shape index (κ1) is 31.2. The molecular formula is C52H33NO2. The van der Waals surface area contributed by atoms with Crippen LogP contribution in [0.3, 0.4) is 0 Å². The Morgan fingerprint density at radius 3 is 1.62 bits per heavy atom. The van der Waals surface area contributed by atoms with E-state index in [1.807, 2.05) is 12.1 Å². The number of hydrogen-bond donors (Lipinski definition) is 0. The molecule has 258 valence electrons. The van der Waals surface area contributed by atoms with Gasteiger partial charge in [-0.15, -0.1) is 0 Å². The van der Waals surface area contributed by atoms with Gasteiger partial charge in [0, 0.05) is 55.1 Å². The minimum absolute atomic E-state index is 0.896. The molecule has 9 aromatic carbocycles. The summed E-state index contributed by atoms with van der Waals surface area (Å²) in [5.74, 6) is 0. The van der Waals surface area contributed by atoms with E-state index in [1.54, 1.807) is 0 Å². The fraction of sp³-hybridized carbons (Fsp3) is 0. The van der Waals surface area contributed by atoms with Gasteiger partial charge in [0.2, 0.25) is 0 Å². The van der Waals surface area contributed by atoms with Crippen LogP contribution in [0.4, 0.5) is 17.1 Å². The zero-order valence-corrected chi connectivity index (χ0v) is 29.8. The average molecular weight is 704 g/mol. The molecule has 0 aliphatic carbocycles. The van der Waals surface area contributed by atoms with Gasteiger partial charge in [-0.1, -0.05) is 152 Å². The van der Waals surface area contributed by atoms with Crippen LogP contribution in [0.1, 0.15) is 0 Å². The Kier molecular flexibility index (Phi) is 7.17. The van der Waals surface area contributed by atoms with Crippen LogP contribution in [-0.2, 0) is 0 Å². The molecule has 0 atom stereocenters. The maximum atomic E-state index is 6.70. The van der Waals surface area contributed by atoms with Crippen molar-refractivity contribution >= 4 is 71.7 Å². The van der Waals surface area contributed by atoms with Gasteiger partial charge in [0.25, 0.3) is 0 Å². The number of fused-ring (bicyclic) bond motifs is 8. The maximum Gasteiger partial charge on any atom is 0.143 e. The molecule has 0 radical (unpaired) electrons. The first-order chi connectivity index (χ1) is 27.3. The first-order valence-corrected chi connectivity index (χ1v) is 18.7. The molecule has 2 heterocycles. The van der Waals surface area contributed by atoms with Gasteiger partial charge < -0.3 is 13.7 Å². The lowest BCUT2D eigenvalue weighted by Crippen LogP contribution is -2.10. The zero-order chi connectivity index (χ0) is 36.3. The van der Waals surface area contributed by atoms with Gasteiger partial charge in [-0.25, -0.2) is 0 Å². The molecule has 11 aromatic rings. The summed E-state index contributed by atoms with van der Waals surface area (Å²) in [6.45, 7) is 0. The lowest BCUT2D eigenvalue weighted by molar-refractivity contribution is 0.670. The third-order valence-electron chi connectivity index (χ3n) is 10.9. The van der Waals surface area contributed by atoms with Crippen LogP contribution in [0.25, 0.3) is 88.0 Å². The molecule has 55 heavy (non-hydrogen) atoms. The summed E-state index contributed by atoms with van der Waals surface area (Å²) < 4.78 is 13.2. The molecule has 0 spiro atoms. The van der Waals surface area contributed by atoms with Gasteiger partial charge >= 0.3 is 0 Å². The van der Waals surface area contributed by atoms with Gasteiger partial charge in [-0.05, 0) is 76.2 Å². The first-order valence-electron chi connectivity index (χ1n) is 18.7. The van der Waals surface area contributed by atoms with Crippen LogP contribution in [-0.4, -0.2) is 0 Å². The van der Waals surface area contributed by atoms with Crippen LogP contribution in [0.2, 0.25) is 0 Å². The van der Waals surface area contributed by atoms with E-state index in [0.717, 1.165) is 88.6 Å². The second-order valence-electron chi connectivity index (χ2n) is 14.1. The van der Waals surface area contributed by atoms with Gasteiger partial charge in [-0.2, -0.15) is 0 Å². The summed E-state index contributed by atoms with van der Waals surface area (Å²) in [5.41, 5.74) is 13.5. The van der Waals surface area contributed by atoms with Gasteiger partial charge in [0.05, 0.1) is 0 Å². The highest BCUT2D eigenvalue weighted by Crippen LogP contribution is 2.43. The quantitative estimate of drug-likeness (QED) is 0.173. The van der Waals surface area contributed by atoms with Crippen LogP contribution < -0.4 is 4.90 Å². The van der Waals surface area contributed by atoms with E-state index in [0.29, 0.717) is 0 Å². The molecule has 0 unspecified atom stereocenters. The monoisotopic (exact) mass is 703 g/mol. The second-order valence-corrected chi connectivity index (χ2v) is 14.1. The molecule has 3 nitrogen and oxygen atoms in total. The number of furan rings is 2. The number of anilines is 3. The second kappa shape index (κ2) is 12.6. The van der Waals surface area contributed by atoms with E-state index in [4.69, 9.17) is 8.83 Å². The van der Waals surface area contributed by atoms with Crippen molar-refractivity contribution in [3.05, 3.63) is 200 Å². The van der Waals surface area contributed by atoms with Crippen LogP contribution in [0.5, 0.6) is 0 Å². The fourth-order valence-electron chi connectivity index (χ4n) is 8.21. The highest BCUT2D eigenvalue weighted by molar-refractivity contribution is 6.17. The third kappa shape index (κ3) is 5.20. The third-order valence-corrected chi connectivity index (χ3v) is 10.9. The predicted molar refractivity (Wildman–Crippen MR) is 229 cm³/mol. The number of para-hydroxylation sites is 3. The topological polar surface area (TPSA) is 29.5 Å². The zero-order valence-electron chi connectivity index (χ0n) is 29.8. The highest BCUT2D eigenvalue weighted by Gasteiger charge is 2.18. The smallest absolute Gasteiger partial charge is 0.143 e. The summed E-state index contributed by atoms with van der Waals surface area (Å²) in [4.78, 5) is 2.33. The van der Waals surface area contributed by atoms with E-state index in [-0.39, 0.29) is 0 Å². The molecule has 0 N–H and O–H groups in total. The van der Waals surface area contributed by atoms with E-state index < -0.39 is 0 Å². The Bertz CT molecular complexity index is 3190. The number of benzene rings is 9. The number of rotatable bonds is 6. The molecule has 0 saturated carbocycles. The molecule has 3 heteroatoms. The molecule has 0 aliphatic heterocycles. The number of hydrogen-bond acceptors (Lipinski definition) is 3. The van der Waals surface area contributed by atoms with Gasteiger partial charge in [0.1, 0.15) is 22.3 Å². The van der Waals surface area contributed by atoms with Crippen molar-refractivity contribution in [2.45, 2.75) is 0 Å². The Morgan fingerprint density at radius 1 is 0.291 bits per heavy atom. The summed E-state index contributed by atoms with van der Waals surface area (Å²) in [6.07, 6.45) is 0. The van der Waals surface area contributed by atoms with Crippen LogP contribution >= 0.6 is 0 Å². The van der Waals surface area contributed by atoms with E-state index in [9.17, 15) is 0 Å². The minimum Gasteiger partial charge on any atom is -0.455 e.